The highest BCUT2D eigenvalue weighted by atomic mass is 32.2. The van der Waals surface area contributed by atoms with Gasteiger partial charge in [-0.25, -0.2) is 4.79 Å². The Morgan fingerprint density at radius 3 is 2.78 bits per heavy atom. The van der Waals surface area contributed by atoms with E-state index in [1.165, 1.54) is 0 Å². The molecule has 194 valence electrons. The Labute approximate surface area is 213 Å². The van der Waals surface area contributed by atoms with E-state index < -0.39 is 10.5 Å². The van der Waals surface area contributed by atoms with Crippen LogP contribution in [0.4, 0.5) is 0 Å². The first-order valence-corrected chi connectivity index (χ1v) is 12.8. The number of nitrogens with one attached hydrogen (secondary N) is 1. The fourth-order valence-electron chi connectivity index (χ4n) is 3.43. The first-order valence-electron chi connectivity index (χ1n) is 11.6. The summed E-state index contributed by atoms with van der Waals surface area (Å²) in [7, 11) is 3.98. The van der Waals surface area contributed by atoms with Crippen LogP contribution in [0.2, 0.25) is 0 Å². The summed E-state index contributed by atoms with van der Waals surface area (Å²) in [5, 5.41) is 14.9. The number of rotatable bonds is 14. The van der Waals surface area contributed by atoms with Crippen molar-refractivity contribution in [2.45, 2.75) is 25.8 Å². The van der Waals surface area contributed by atoms with Crippen LogP contribution in [0.1, 0.15) is 22.6 Å². The molecule has 36 heavy (non-hydrogen) atoms. The summed E-state index contributed by atoms with van der Waals surface area (Å²) in [6, 6.07) is 11.3. The monoisotopic (exact) mass is 516 g/mol. The lowest BCUT2D eigenvalue weighted by atomic mass is 10.1. The molecule has 3 rings (SSSR count). The van der Waals surface area contributed by atoms with Crippen molar-refractivity contribution in [2.75, 3.05) is 46.1 Å². The van der Waals surface area contributed by atoms with E-state index in [1.54, 1.807) is 23.9 Å². The summed E-state index contributed by atoms with van der Waals surface area (Å²) in [5.41, 5.74) is 1.58. The Kier molecular flexibility index (Phi) is 10.5. The SMILES string of the molecule is Cc1ccc2oc(=O)c(COCCN=C(C[N+](=O)[O-])NCCSCc3ccc(CN(C)C)o3)cc2c1. The Hall–Kier alpha value is -3.15. The molecule has 0 fully saturated rings. The molecule has 2 heterocycles. The molecule has 0 aliphatic rings. The van der Waals surface area contributed by atoms with Crippen LogP contribution in [0.25, 0.3) is 11.0 Å². The second kappa shape index (κ2) is 13.8. The van der Waals surface area contributed by atoms with Gasteiger partial charge in [-0.1, -0.05) is 11.6 Å². The lowest BCUT2D eigenvalue weighted by Crippen LogP contribution is -2.32. The standard InChI is InChI=1S/C25H32N4O6S/c1-18-4-7-23-19(12-18)13-20(25(30)35-23)16-33-10-8-26-24(15-29(31)32)27-9-11-36-17-22-6-5-21(34-22)14-28(2)3/h4-7,12-13H,8-11,14-17H2,1-3H3,(H,26,27). The molecule has 0 saturated heterocycles. The van der Waals surface area contributed by atoms with Crippen LogP contribution in [0.3, 0.4) is 0 Å². The topological polar surface area (TPSA) is 123 Å². The van der Waals surface area contributed by atoms with Crippen molar-refractivity contribution in [3.63, 3.8) is 0 Å². The molecule has 0 bridgehead atoms. The van der Waals surface area contributed by atoms with Crippen LogP contribution >= 0.6 is 11.8 Å². The molecule has 0 saturated carbocycles. The number of thioether (sulfide) groups is 1. The molecular weight excluding hydrogens is 484 g/mol. The third kappa shape index (κ3) is 9.14. The summed E-state index contributed by atoms with van der Waals surface area (Å²) in [4.78, 5) is 29.0. The molecule has 0 spiro atoms. The van der Waals surface area contributed by atoms with Gasteiger partial charge in [-0.2, -0.15) is 11.8 Å². The number of aliphatic imine (C=N–C) groups is 1. The van der Waals surface area contributed by atoms with Gasteiger partial charge >= 0.3 is 5.63 Å². The number of hydrogen-bond acceptors (Lipinski definition) is 9. The maximum atomic E-state index is 12.1. The van der Waals surface area contributed by atoms with Crippen molar-refractivity contribution >= 4 is 28.6 Å². The molecule has 1 aromatic carbocycles. The van der Waals surface area contributed by atoms with Crippen LogP contribution in [-0.4, -0.2) is 61.7 Å². The van der Waals surface area contributed by atoms with Gasteiger partial charge in [0.15, 0.2) is 5.84 Å². The molecule has 0 unspecified atom stereocenters. The molecule has 3 aromatic rings. The lowest BCUT2D eigenvalue weighted by Gasteiger charge is -2.08. The van der Waals surface area contributed by atoms with E-state index in [1.807, 2.05) is 50.2 Å². The predicted octanol–water partition coefficient (Wildman–Crippen LogP) is 3.47. The zero-order chi connectivity index (χ0) is 25.9. The molecule has 0 aliphatic heterocycles. The third-order valence-corrected chi connectivity index (χ3v) is 6.03. The third-order valence-electron chi connectivity index (χ3n) is 5.04. The molecule has 0 amide bonds. The van der Waals surface area contributed by atoms with Gasteiger partial charge in [-0.05, 0) is 51.4 Å². The predicted molar refractivity (Wildman–Crippen MR) is 141 cm³/mol. The Morgan fingerprint density at radius 2 is 2.00 bits per heavy atom. The summed E-state index contributed by atoms with van der Waals surface area (Å²) in [6.07, 6.45) is 0. The molecular formula is C25H32N4O6S. The van der Waals surface area contributed by atoms with Crippen LogP contribution in [0.5, 0.6) is 0 Å². The largest absolute Gasteiger partial charge is 0.464 e. The maximum absolute atomic E-state index is 12.1. The van der Waals surface area contributed by atoms with Crippen LogP contribution < -0.4 is 10.9 Å². The second-order valence-electron chi connectivity index (χ2n) is 8.56. The highest BCUT2D eigenvalue weighted by Gasteiger charge is 2.09. The number of hydrogen-bond donors (Lipinski definition) is 1. The molecule has 0 radical (unpaired) electrons. The number of nitrogens with zero attached hydrogens (tertiary/aromatic N) is 3. The highest BCUT2D eigenvalue weighted by Crippen LogP contribution is 2.17. The van der Waals surface area contributed by atoms with Gasteiger partial charge in [-0.15, -0.1) is 0 Å². The number of fused-ring (bicyclic) bond motifs is 1. The van der Waals surface area contributed by atoms with E-state index in [9.17, 15) is 14.9 Å². The highest BCUT2D eigenvalue weighted by molar-refractivity contribution is 7.98. The van der Waals surface area contributed by atoms with Crippen molar-refractivity contribution in [2.24, 2.45) is 4.99 Å². The maximum Gasteiger partial charge on any atom is 0.341 e. The van der Waals surface area contributed by atoms with Gasteiger partial charge in [0.2, 0.25) is 0 Å². The van der Waals surface area contributed by atoms with Crippen molar-refractivity contribution in [1.82, 2.24) is 10.2 Å². The van der Waals surface area contributed by atoms with Crippen molar-refractivity contribution in [3.05, 3.63) is 79.6 Å². The normalized spacial score (nSPS) is 11.9. The fourth-order valence-corrected chi connectivity index (χ4v) is 4.18. The number of amidine groups is 1. The molecule has 0 atom stereocenters. The quantitative estimate of drug-likeness (QED) is 0.0856. The average Bonchev–Trinajstić information content (AvgIpc) is 3.25. The van der Waals surface area contributed by atoms with Crippen molar-refractivity contribution < 1.29 is 18.5 Å². The van der Waals surface area contributed by atoms with Crippen molar-refractivity contribution in [3.8, 4) is 0 Å². The Balaban J connectivity index is 1.40. The summed E-state index contributed by atoms with van der Waals surface area (Å²) < 4.78 is 16.7. The first-order chi connectivity index (χ1) is 17.3. The van der Waals surface area contributed by atoms with E-state index in [0.717, 1.165) is 40.5 Å². The lowest BCUT2D eigenvalue weighted by molar-refractivity contribution is -0.463. The summed E-state index contributed by atoms with van der Waals surface area (Å²) >= 11 is 1.67. The smallest absolute Gasteiger partial charge is 0.341 e. The van der Waals surface area contributed by atoms with Gasteiger partial charge in [0, 0.05) is 22.6 Å². The number of furan rings is 1. The summed E-state index contributed by atoms with van der Waals surface area (Å²) in [6.45, 7) is 3.42. The zero-order valence-electron chi connectivity index (χ0n) is 20.8. The Bertz CT molecular complexity index is 1240. The van der Waals surface area contributed by atoms with E-state index >= 15 is 0 Å². The Morgan fingerprint density at radius 1 is 1.19 bits per heavy atom. The van der Waals surface area contributed by atoms with Gasteiger partial charge in [-0.3, -0.25) is 15.1 Å². The van der Waals surface area contributed by atoms with Gasteiger partial charge < -0.3 is 23.8 Å². The van der Waals surface area contributed by atoms with Gasteiger partial charge in [0.25, 0.3) is 6.54 Å². The number of ether oxygens (including phenoxy) is 1. The van der Waals surface area contributed by atoms with Crippen LogP contribution in [0.15, 0.2) is 55.0 Å². The minimum absolute atomic E-state index is 0.0827. The number of nitro groups is 1. The molecule has 10 nitrogen and oxygen atoms in total. The fraction of sp³-hybridized carbons (Fsp3) is 0.440. The number of aryl methyl sites for hydroxylation is 1. The molecule has 1 N–H and O–H groups in total. The van der Waals surface area contributed by atoms with Gasteiger partial charge in [0.1, 0.15) is 17.1 Å². The molecule has 0 aliphatic carbocycles. The van der Waals surface area contributed by atoms with E-state index in [2.05, 4.69) is 10.3 Å². The summed E-state index contributed by atoms with van der Waals surface area (Å²) in [5.74, 6) is 3.61. The number of benzene rings is 1. The zero-order valence-corrected chi connectivity index (χ0v) is 21.6. The second-order valence-corrected chi connectivity index (χ2v) is 9.66. The van der Waals surface area contributed by atoms with Crippen molar-refractivity contribution in [1.29, 1.82) is 0 Å². The van der Waals surface area contributed by atoms with E-state index in [-0.39, 0.29) is 26.3 Å². The average molecular weight is 517 g/mol. The van der Waals surface area contributed by atoms with E-state index in [0.29, 0.717) is 23.5 Å². The first kappa shape index (κ1) is 27.4. The molecule has 2 aromatic heterocycles. The minimum Gasteiger partial charge on any atom is -0.464 e. The molecule has 11 heteroatoms. The van der Waals surface area contributed by atoms with Gasteiger partial charge in [0.05, 0.1) is 37.6 Å². The minimum atomic E-state index is -0.438. The van der Waals surface area contributed by atoms with E-state index in [4.69, 9.17) is 13.6 Å². The van der Waals surface area contributed by atoms with Crippen LogP contribution in [-0.2, 0) is 23.6 Å². The van der Waals surface area contributed by atoms with Crippen LogP contribution in [0, 0.1) is 17.0 Å².